The normalized spacial score (nSPS) is 24.6. The summed E-state index contributed by atoms with van der Waals surface area (Å²) in [7, 11) is 0. The third kappa shape index (κ3) is 1.67. The van der Waals surface area contributed by atoms with Crippen LogP contribution >= 0.6 is 11.8 Å². The number of hydrogen-bond acceptors (Lipinski definition) is 2. The van der Waals surface area contributed by atoms with Crippen LogP contribution in [-0.2, 0) is 0 Å². The zero-order chi connectivity index (χ0) is 7.45. The fourth-order valence-corrected chi connectivity index (χ4v) is 2.70. The molecule has 0 aromatic rings. The first-order chi connectivity index (χ1) is 4.83. The maximum absolute atomic E-state index is 3.59. The van der Waals surface area contributed by atoms with E-state index in [1.54, 1.807) is 0 Å². The van der Waals surface area contributed by atoms with Crippen molar-refractivity contribution < 1.29 is 0 Å². The van der Waals surface area contributed by atoms with Gasteiger partial charge in [-0.1, -0.05) is 13.8 Å². The summed E-state index contributed by atoms with van der Waals surface area (Å²) in [5, 5.41) is 3.59. The summed E-state index contributed by atoms with van der Waals surface area (Å²) in [6.45, 7) is 5.76. The highest BCUT2D eigenvalue weighted by Crippen LogP contribution is 2.32. The van der Waals surface area contributed by atoms with Crippen molar-refractivity contribution in [2.75, 3.05) is 12.3 Å². The standard InChI is InChI=1S/C8H17NS/c1-3-8(4-2)9-6-5-7-10-8/h9H,3-7H2,1-2H3. The fourth-order valence-electron chi connectivity index (χ4n) is 1.41. The van der Waals surface area contributed by atoms with E-state index in [2.05, 4.69) is 30.9 Å². The van der Waals surface area contributed by atoms with Crippen LogP contribution in [0.1, 0.15) is 33.1 Å². The molecule has 1 saturated heterocycles. The summed E-state index contributed by atoms with van der Waals surface area (Å²) in [5.41, 5.74) is 0. The monoisotopic (exact) mass is 159 g/mol. The van der Waals surface area contributed by atoms with Crippen LogP contribution in [0.3, 0.4) is 0 Å². The topological polar surface area (TPSA) is 12.0 Å². The van der Waals surface area contributed by atoms with Gasteiger partial charge in [-0.2, -0.15) is 0 Å². The summed E-state index contributed by atoms with van der Waals surface area (Å²) < 4.78 is 0. The van der Waals surface area contributed by atoms with Gasteiger partial charge in [-0.05, 0) is 31.6 Å². The molecule has 0 spiro atoms. The SMILES string of the molecule is CCC1(CC)NCCCS1. The zero-order valence-corrected chi connectivity index (χ0v) is 7.76. The summed E-state index contributed by atoms with van der Waals surface area (Å²) in [6, 6.07) is 0. The van der Waals surface area contributed by atoms with Crippen molar-refractivity contribution in [2.24, 2.45) is 0 Å². The Morgan fingerprint density at radius 2 is 2.10 bits per heavy atom. The van der Waals surface area contributed by atoms with Gasteiger partial charge in [0.05, 0.1) is 4.87 Å². The minimum absolute atomic E-state index is 0.429. The maximum atomic E-state index is 3.59. The lowest BCUT2D eigenvalue weighted by Crippen LogP contribution is -2.44. The Labute approximate surface area is 68.0 Å². The van der Waals surface area contributed by atoms with E-state index >= 15 is 0 Å². The molecule has 1 aliphatic heterocycles. The van der Waals surface area contributed by atoms with Crippen LogP contribution in [0.5, 0.6) is 0 Å². The van der Waals surface area contributed by atoms with Crippen LogP contribution in [-0.4, -0.2) is 17.2 Å². The van der Waals surface area contributed by atoms with E-state index in [9.17, 15) is 0 Å². The zero-order valence-electron chi connectivity index (χ0n) is 6.94. The molecule has 1 heterocycles. The molecule has 1 rings (SSSR count). The molecule has 10 heavy (non-hydrogen) atoms. The Hall–Kier alpha value is 0.310. The van der Waals surface area contributed by atoms with Crippen molar-refractivity contribution in [2.45, 2.75) is 38.0 Å². The van der Waals surface area contributed by atoms with E-state index in [0.29, 0.717) is 4.87 Å². The van der Waals surface area contributed by atoms with Crippen LogP contribution in [0.15, 0.2) is 0 Å². The molecule has 1 nitrogen and oxygen atoms in total. The van der Waals surface area contributed by atoms with Crippen LogP contribution in [0.2, 0.25) is 0 Å². The molecule has 0 amide bonds. The van der Waals surface area contributed by atoms with Gasteiger partial charge in [-0.15, -0.1) is 11.8 Å². The highest BCUT2D eigenvalue weighted by atomic mass is 32.2. The molecular formula is C8H17NS. The smallest absolute Gasteiger partial charge is 0.0639 e. The number of hydrogen-bond donors (Lipinski definition) is 1. The Balaban J connectivity index is 2.44. The first kappa shape index (κ1) is 8.41. The molecule has 0 saturated carbocycles. The van der Waals surface area contributed by atoms with Crippen LogP contribution in [0, 0.1) is 0 Å². The lowest BCUT2D eigenvalue weighted by Gasteiger charge is -2.36. The molecule has 1 fully saturated rings. The lowest BCUT2D eigenvalue weighted by atomic mass is 10.1. The van der Waals surface area contributed by atoms with Crippen molar-refractivity contribution in [1.29, 1.82) is 0 Å². The molecule has 0 bridgehead atoms. The Morgan fingerprint density at radius 1 is 1.40 bits per heavy atom. The molecule has 0 aromatic carbocycles. The largest absolute Gasteiger partial charge is 0.303 e. The van der Waals surface area contributed by atoms with Crippen molar-refractivity contribution in [3.63, 3.8) is 0 Å². The van der Waals surface area contributed by atoms with Gasteiger partial charge in [-0.3, -0.25) is 0 Å². The van der Waals surface area contributed by atoms with Gasteiger partial charge in [0.15, 0.2) is 0 Å². The average molecular weight is 159 g/mol. The second-order valence-corrected chi connectivity index (χ2v) is 4.31. The van der Waals surface area contributed by atoms with E-state index in [0.717, 1.165) is 0 Å². The van der Waals surface area contributed by atoms with E-state index in [-0.39, 0.29) is 0 Å². The molecule has 1 N–H and O–H groups in total. The highest BCUT2D eigenvalue weighted by Gasteiger charge is 2.27. The molecule has 2 heteroatoms. The Kier molecular flexibility index (Phi) is 3.05. The molecule has 0 unspecified atom stereocenters. The first-order valence-corrected chi connectivity index (χ1v) is 5.20. The number of thioether (sulfide) groups is 1. The van der Waals surface area contributed by atoms with E-state index in [1.165, 1.54) is 31.6 Å². The van der Waals surface area contributed by atoms with Crippen molar-refractivity contribution >= 4 is 11.8 Å². The summed E-state index contributed by atoms with van der Waals surface area (Å²) in [6.07, 6.45) is 3.86. The number of rotatable bonds is 2. The fraction of sp³-hybridized carbons (Fsp3) is 1.00. The molecule has 1 aliphatic rings. The molecule has 60 valence electrons. The van der Waals surface area contributed by atoms with E-state index < -0.39 is 0 Å². The Bertz CT molecular complexity index is 91.4. The van der Waals surface area contributed by atoms with E-state index in [1.807, 2.05) is 0 Å². The third-order valence-electron chi connectivity index (χ3n) is 2.29. The molecular weight excluding hydrogens is 142 g/mol. The van der Waals surface area contributed by atoms with Crippen LogP contribution in [0.4, 0.5) is 0 Å². The van der Waals surface area contributed by atoms with Gasteiger partial charge < -0.3 is 5.32 Å². The second kappa shape index (κ2) is 3.63. The van der Waals surface area contributed by atoms with Crippen molar-refractivity contribution in [3.05, 3.63) is 0 Å². The van der Waals surface area contributed by atoms with Crippen molar-refractivity contribution in [3.8, 4) is 0 Å². The minimum Gasteiger partial charge on any atom is -0.303 e. The molecule has 0 aromatic heterocycles. The van der Waals surface area contributed by atoms with Gasteiger partial charge >= 0.3 is 0 Å². The number of nitrogens with one attached hydrogen (secondary N) is 1. The molecule has 0 atom stereocenters. The Morgan fingerprint density at radius 3 is 2.40 bits per heavy atom. The van der Waals surface area contributed by atoms with Gasteiger partial charge in [-0.25, -0.2) is 0 Å². The molecule has 0 radical (unpaired) electrons. The van der Waals surface area contributed by atoms with Crippen LogP contribution in [0.25, 0.3) is 0 Å². The second-order valence-electron chi connectivity index (χ2n) is 2.83. The predicted molar refractivity (Wildman–Crippen MR) is 48.4 cm³/mol. The summed E-state index contributed by atoms with van der Waals surface area (Å²) in [4.78, 5) is 0.429. The first-order valence-electron chi connectivity index (χ1n) is 4.22. The summed E-state index contributed by atoms with van der Waals surface area (Å²) in [5.74, 6) is 1.34. The van der Waals surface area contributed by atoms with Crippen LogP contribution < -0.4 is 5.32 Å². The predicted octanol–water partition coefficient (Wildman–Crippen LogP) is 2.23. The lowest BCUT2D eigenvalue weighted by molar-refractivity contribution is 0.427. The average Bonchev–Trinajstić information content (AvgIpc) is 2.06. The third-order valence-corrected chi connectivity index (χ3v) is 4.06. The van der Waals surface area contributed by atoms with Crippen molar-refractivity contribution in [1.82, 2.24) is 5.32 Å². The van der Waals surface area contributed by atoms with Gasteiger partial charge in [0.25, 0.3) is 0 Å². The van der Waals surface area contributed by atoms with E-state index in [4.69, 9.17) is 0 Å². The van der Waals surface area contributed by atoms with Gasteiger partial charge in [0, 0.05) is 0 Å². The van der Waals surface area contributed by atoms with Gasteiger partial charge in [0.1, 0.15) is 0 Å². The minimum atomic E-state index is 0.429. The molecule has 0 aliphatic carbocycles. The maximum Gasteiger partial charge on any atom is 0.0639 e. The quantitative estimate of drug-likeness (QED) is 0.663. The highest BCUT2D eigenvalue weighted by molar-refractivity contribution is 8.00. The summed E-state index contributed by atoms with van der Waals surface area (Å²) >= 11 is 2.10. The van der Waals surface area contributed by atoms with Gasteiger partial charge in [0.2, 0.25) is 0 Å².